The van der Waals surface area contributed by atoms with Gasteiger partial charge in [0, 0.05) is 13.0 Å². The molecular formula is C21H19NO4S2. The Morgan fingerprint density at radius 3 is 2.68 bits per heavy atom. The van der Waals surface area contributed by atoms with Gasteiger partial charge in [-0.15, -0.1) is 0 Å². The Morgan fingerprint density at radius 1 is 1.21 bits per heavy atom. The molecule has 1 aliphatic rings. The summed E-state index contributed by atoms with van der Waals surface area (Å²) >= 11 is 6.50. The van der Waals surface area contributed by atoms with Gasteiger partial charge in [0.15, 0.2) is 0 Å². The summed E-state index contributed by atoms with van der Waals surface area (Å²) < 4.78 is 6.32. The zero-order valence-corrected chi connectivity index (χ0v) is 16.9. The lowest BCUT2D eigenvalue weighted by Crippen LogP contribution is -2.29. The van der Waals surface area contributed by atoms with Gasteiger partial charge in [0.1, 0.15) is 15.8 Å². The monoisotopic (exact) mass is 413 g/mol. The van der Waals surface area contributed by atoms with Crippen LogP contribution in [-0.4, -0.2) is 32.7 Å². The van der Waals surface area contributed by atoms with Gasteiger partial charge in [0.2, 0.25) is 0 Å². The van der Waals surface area contributed by atoms with Crippen LogP contribution in [0, 0.1) is 6.92 Å². The van der Waals surface area contributed by atoms with Gasteiger partial charge < -0.3 is 9.84 Å². The smallest absolute Gasteiger partial charge is 0.303 e. The molecule has 1 saturated heterocycles. The van der Waals surface area contributed by atoms with Crippen LogP contribution in [-0.2, 0) is 9.59 Å². The summed E-state index contributed by atoms with van der Waals surface area (Å²) in [6.07, 6.45) is 2.15. The van der Waals surface area contributed by atoms with E-state index in [0.29, 0.717) is 27.9 Å². The van der Waals surface area contributed by atoms with E-state index in [2.05, 4.69) is 0 Å². The normalized spacial score (nSPS) is 15.3. The van der Waals surface area contributed by atoms with Crippen LogP contribution in [0.4, 0.5) is 0 Å². The highest BCUT2D eigenvalue weighted by Crippen LogP contribution is 2.33. The molecule has 0 atom stereocenters. The summed E-state index contributed by atoms with van der Waals surface area (Å²) in [7, 11) is 0. The second-order valence-corrected chi connectivity index (χ2v) is 7.99. The maximum Gasteiger partial charge on any atom is 0.303 e. The third-order valence-electron chi connectivity index (χ3n) is 4.06. The third-order valence-corrected chi connectivity index (χ3v) is 5.44. The molecule has 0 aliphatic carbocycles. The van der Waals surface area contributed by atoms with Crippen molar-refractivity contribution in [1.82, 2.24) is 4.90 Å². The number of rotatable bonds is 7. The fourth-order valence-corrected chi connectivity index (χ4v) is 3.95. The zero-order chi connectivity index (χ0) is 20.1. The number of carboxylic acid groups (broad SMARTS) is 1. The van der Waals surface area contributed by atoms with Crippen molar-refractivity contribution in [2.75, 3.05) is 6.54 Å². The Kier molecular flexibility index (Phi) is 6.49. The number of hydrogen-bond donors (Lipinski definition) is 1. The molecule has 0 bridgehead atoms. The first-order valence-electron chi connectivity index (χ1n) is 8.74. The highest BCUT2D eigenvalue weighted by molar-refractivity contribution is 8.26. The lowest BCUT2D eigenvalue weighted by atomic mass is 10.2. The first kappa shape index (κ1) is 20.1. The number of thiocarbonyl (C=S) groups is 1. The fraction of sp³-hybridized carbons (Fsp3) is 0.190. The first-order chi connectivity index (χ1) is 13.4. The maximum absolute atomic E-state index is 12.6. The average molecular weight is 414 g/mol. The molecule has 1 heterocycles. The molecule has 1 N–H and O–H groups in total. The minimum absolute atomic E-state index is 0.00843. The Bertz CT molecular complexity index is 938. The van der Waals surface area contributed by atoms with E-state index in [1.807, 2.05) is 55.5 Å². The average Bonchev–Trinajstić information content (AvgIpc) is 2.91. The van der Waals surface area contributed by atoms with Crippen molar-refractivity contribution in [2.45, 2.75) is 19.8 Å². The van der Waals surface area contributed by atoms with Crippen molar-refractivity contribution >= 4 is 46.3 Å². The van der Waals surface area contributed by atoms with Crippen molar-refractivity contribution < 1.29 is 19.4 Å². The molecule has 0 saturated carbocycles. The van der Waals surface area contributed by atoms with Crippen LogP contribution in [0.5, 0.6) is 11.5 Å². The van der Waals surface area contributed by atoms with Crippen molar-refractivity contribution in [2.24, 2.45) is 0 Å². The molecule has 1 fully saturated rings. The molecule has 5 nitrogen and oxygen atoms in total. The number of hydrogen-bond acceptors (Lipinski definition) is 5. The van der Waals surface area contributed by atoms with E-state index >= 15 is 0 Å². The Morgan fingerprint density at radius 2 is 1.96 bits per heavy atom. The molecule has 0 aromatic heterocycles. The van der Waals surface area contributed by atoms with Crippen LogP contribution in [0.15, 0.2) is 53.4 Å². The van der Waals surface area contributed by atoms with Gasteiger partial charge in [0.05, 0.1) is 4.91 Å². The fourth-order valence-electron chi connectivity index (χ4n) is 2.64. The summed E-state index contributed by atoms with van der Waals surface area (Å²) in [5.41, 5.74) is 1.99. The Labute approximate surface area is 173 Å². The van der Waals surface area contributed by atoms with Crippen molar-refractivity contribution in [3.8, 4) is 11.5 Å². The molecule has 1 amide bonds. The van der Waals surface area contributed by atoms with E-state index in [4.69, 9.17) is 22.1 Å². The number of nitrogens with zero attached hydrogens (tertiary/aromatic N) is 1. The minimum Gasteiger partial charge on any atom is -0.481 e. The number of aryl methyl sites for hydroxylation is 1. The van der Waals surface area contributed by atoms with Crippen molar-refractivity contribution in [3.63, 3.8) is 0 Å². The van der Waals surface area contributed by atoms with Crippen LogP contribution < -0.4 is 4.74 Å². The molecule has 2 aromatic carbocycles. The maximum atomic E-state index is 12.6. The minimum atomic E-state index is -0.883. The summed E-state index contributed by atoms with van der Waals surface area (Å²) in [5, 5.41) is 8.75. The van der Waals surface area contributed by atoms with E-state index in [1.165, 1.54) is 16.7 Å². The number of carbonyl (C=O) groups is 2. The summed E-state index contributed by atoms with van der Waals surface area (Å²) in [5.74, 6) is 0.346. The largest absolute Gasteiger partial charge is 0.481 e. The highest BCUT2D eigenvalue weighted by atomic mass is 32.2. The standard InChI is InChI=1S/C21H19NO4S2/c1-14-7-9-16(10-8-14)26-17-5-2-4-15(12-17)13-18-20(25)22(21(27)28-18)11-3-6-19(23)24/h2,4-5,7-10,12-13H,3,6,11H2,1H3,(H,23,24)/b18-13-. The van der Waals surface area contributed by atoms with Crippen molar-refractivity contribution in [1.29, 1.82) is 0 Å². The molecule has 0 spiro atoms. The van der Waals surface area contributed by atoms with Gasteiger partial charge in [-0.3, -0.25) is 14.5 Å². The Hall–Kier alpha value is -2.64. The molecule has 0 unspecified atom stereocenters. The number of thioether (sulfide) groups is 1. The number of amides is 1. The zero-order valence-electron chi connectivity index (χ0n) is 15.3. The molecule has 1 aliphatic heterocycles. The second-order valence-electron chi connectivity index (χ2n) is 6.32. The molecule has 3 rings (SSSR count). The number of benzene rings is 2. The molecule has 0 radical (unpaired) electrons. The van der Waals surface area contributed by atoms with Gasteiger partial charge in [-0.25, -0.2) is 0 Å². The van der Waals surface area contributed by atoms with Crippen LogP contribution in [0.3, 0.4) is 0 Å². The lowest BCUT2D eigenvalue weighted by Gasteiger charge is -2.13. The third kappa shape index (κ3) is 5.21. The van der Waals surface area contributed by atoms with Gasteiger partial charge in [-0.2, -0.15) is 0 Å². The van der Waals surface area contributed by atoms with E-state index in [0.717, 1.165) is 16.9 Å². The van der Waals surface area contributed by atoms with E-state index in [1.54, 1.807) is 6.08 Å². The molecule has 28 heavy (non-hydrogen) atoms. The Balaban J connectivity index is 1.71. The first-order valence-corrected chi connectivity index (χ1v) is 9.96. The summed E-state index contributed by atoms with van der Waals surface area (Å²) in [4.78, 5) is 25.2. The lowest BCUT2D eigenvalue weighted by molar-refractivity contribution is -0.137. The summed E-state index contributed by atoms with van der Waals surface area (Å²) in [6, 6.07) is 15.2. The van der Waals surface area contributed by atoms with Gasteiger partial charge >= 0.3 is 5.97 Å². The van der Waals surface area contributed by atoms with Crippen LogP contribution in [0.2, 0.25) is 0 Å². The van der Waals surface area contributed by atoms with Crippen LogP contribution in [0.25, 0.3) is 6.08 Å². The number of aliphatic carboxylic acids is 1. The summed E-state index contributed by atoms with van der Waals surface area (Å²) in [6.45, 7) is 2.33. The number of carbonyl (C=O) groups excluding carboxylic acids is 1. The van der Waals surface area contributed by atoms with E-state index in [9.17, 15) is 9.59 Å². The predicted octanol–water partition coefficient (Wildman–Crippen LogP) is 4.85. The van der Waals surface area contributed by atoms with Gasteiger partial charge in [0.25, 0.3) is 5.91 Å². The second kappa shape index (κ2) is 9.03. The quantitative estimate of drug-likeness (QED) is 0.517. The molecule has 7 heteroatoms. The van der Waals surface area contributed by atoms with Gasteiger partial charge in [-0.05, 0) is 49.2 Å². The van der Waals surface area contributed by atoms with Crippen LogP contribution in [0.1, 0.15) is 24.0 Å². The van der Waals surface area contributed by atoms with Crippen LogP contribution >= 0.6 is 24.0 Å². The highest BCUT2D eigenvalue weighted by Gasteiger charge is 2.31. The predicted molar refractivity (Wildman–Crippen MR) is 114 cm³/mol. The van der Waals surface area contributed by atoms with E-state index < -0.39 is 5.97 Å². The van der Waals surface area contributed by atoms with Crippen molar-refractivity contribution in [3.05, 3.63) is 64.6 Å². The van der Waals surface area contributed by atoms with Gasteiger partial charge in [-0.1, -0.05) is 53.8 Å². The topological polar surface area (TPSA) is 66.8 Å². The SMILES string of the molecule is Cc1ccc(Oc2cccc(/C=C3\SC(=S)N(CCCC(=O)O)C3=O)c2)cc1. The molecule has 144 valence electrons. The number of carboxylic acids is 1. The molecule has 2 aromatic rings. The number of ether oxygens (including phenoxy) is 1. The molecular weight excluding hydrogens is 394 g/mol. The van der Waals surface area contributed by atoms with E-state index in [-0.39, 0.29) is 12.3 Å².